The van der Waals surface area contributed by atoms with Crippen LogP contribution in [0.15, 0.2) is 29.2 Å². The normalized spacial score (nSPS) is 11.7. The molecular formula is C12H7Cl2F3N2O. The summed E-state index contributed by atoms with van der Waals surface area (Å²) in [6, 6.07) is 3.10. The molecule has 1 aromatic heterocycles. The van der Waals surface area contributed by atoms with Gasteiger partial charge in [0.25, 0.3) is 5.56 Å². The molecule has 0 aliphatic carbocycles. The van der Waals surface area contributed by atoms with Crippen molar-refractivity contribution < 1.29 is 13.2 Å². The van der Waals surface area contributed by atoms with Crippen molar-refractivity contribution in [2.75, 3.05) is 0 Å². The predicted octanol–water partition coefficient (Wildman–Crippen LogP) is 3.87. The Kier molecular flexibility index (Phi) is 3.80. The molecule has 0 saturated carbocycles. The van der Waals surface area contributed by atoms with Crippen molar-refractivity contribution in [2.24, 2.45) is 0 Å². The summed E-state index contributed by atoms with van der Waals surface area (Å²) in [6.07, 6.45) is -3.35. The molecule has 0 spiro atoms. The highest BCUT2D eigenvalue weighted by Crippen LogP contribution is 2.38. The molecule has 20 heavy (non-hydrogen) atoms. The van der Waals surface area contributed by atoms with Crippen LogP contribution in [0.5, 0.6) is 0 Å². The van der Waals surface area contributed by atoms with Gasteiger partial charge in [0.05, 0.1) is 21.3 Å². The molecule has 0 saturated heterocycles. The Balaban J connectivity index is 2.75. The Morgan fingerprint density at radius 1 is 1.20 bits per heavy atom. The molecular weight excluding hydrogens is 316 g/mol. The Morgan fingerprint density at radius 2 is 1.85 bits per heavy atom. The Hall–Kier alpha value is -1.53. The third-order valence-electron chi connectivity index (χ3n) is 2.61. The lowest BCUT2D eigenvalue weighted by Gasteiger charge is -2.13. The van der Waals surface area contributed by atoms with Crippen LogP contribution in [-0.2, 0) is 6.18 Å². The van der Waals surface area contributed by atoms with Gasteiger partial charge >= 0.3 is 6.18 Å². The maximum Gasteiger partial charge on any atom is 0.417 e. The fourth-order valence-electron chi connectivity index (χ4n) is 1.59. The van der Waals surface area contributed by atoms with Gasteiger partial charge in [0.2, 0.25) is 0 Å². The average Bonchev–Trinajstić information content (AvgIpc) is 2.32. The van der Waals surface area contributed by atoms with Crippen LogP contribution >= 0.6 is 23.2 Å². The van der Waals surface area contributed by atoms with Crippen LogP contribution in [0.4, 0.5) is 13.2 Å². The van der Waals surface area contributed by atoms with E-state index in [1.807, 2.05) is 0 Å². The second kappa shape index (κ2) is 5.10. The van der Waals surface area contributed by atoms with E-state index in [4.69, 9.17) is 23.2 Å². The van der Waals surface area contributed by atoms with E-state index in [0.717, 1.165) is 10.7 Å². The Bertz CT molecular complexity index is 726. The molecule has 1 heterocycles. The molecule has 2 aromatic rings. The molecule has 0 aliphatic heterocycles. The zero-order chi connectivity index (χ0) is 15.1. The first kappa shape index (κ1) is 14.9. The van der Waals surface area contributed by atoms with Crippen LogP contribution < -0.4 is 5.56 Å². The highest BCUT2D eigenvalue weighted by molar-refractivity contribution is 6.36. The van der Waals surface area contributed by atoms with Crippen molar-refractivity contribution >= 4 is 23.2 Å². The first-order valence-electron chi connectivity index (χ1n) is 5.33. The molecule has 0 N–H and O–H groups in total. The minimum Gasteiger partial charge on any atom is -0.267 e. The summed E-state index contributed by atoms with van der Waals surface area (Å²) in [6.45, 7) is 1.52. The Morgan fingerprint density at radius 3 is 2.45 bits per heavy atom. The summed E-state index contributed by atoms with van der Waals surface area (Å²) in [5, 5.41) is 3.10. The number of benzene rings is 1. The van der Waals surface area contributed by atoms with Gasteiger partial charge in [-0.15, -0.1) is 0 Å². The molecule has 0 radical (unpaired) electrons. The van der Waals surface area contributed by atoms with Gasteiger partial charge in [-0.2, -0.15) is 23.0 Å². The third kappa shape index (κ3) is 2.66. The van der Waals surface area contributed by atoms with Crippen molar-refractivity contribution in [3.8, 4) is 5.69 Å². The number of halogens is 5. The Labute approximate surface area is 121 Å². The van der Waals surface area contributed by atoms with Crippen molar-refractivity contribution in [3.63, 3.8) is 0 Å². The number of aryl methyl sites for hydroxylation is 1. The molecule has 3 nitrogen and oxygen atoms in total. The minimum absolute atomic E-state index is 0.0943. The van der Waals surface area contributed by atoms with Crippen molar-refractivity contribution in [1.82, 2.24) is 9.78 Å². The van der Waals surface area contributed by atoms with E-state index in [0.29, 0.717) is 11.6 Å². The third-order valence-corrected chi connectivity index (χ3v) is 3.22. The molecule has 1 aromatic carbocycles. The first-order valence-corrected chi connectivity index (χ1v) is 6.09. The molecule has 106 valence electrons. The van der Waals surface area contributed by atoms with Gasteiger partial charge in [-0.25, -0.2) is 0 Å². The SMILES string of the molecule is Cc1ccnn(-c2cc(C(F)(F)F)c(Cl)cc2Cl)c1=O. The van der Waals surface area contributed by atoms with Crippen LogP contribution in [0.3, 0.4) is 0 Å². The highest BCUT2D eigenvalue weighted by atomic mass is 35.5. The van der Waals surface area contributed by atoms with E-state index >= 15 is 0 Å². The summed E-state index contributed by atoms with van der Waals surface area (Å²) < 4.78 is 39.3. The summed E-state index contributed by atoms with van der Waals surface area (Å²) in [5.74, 6) is 0. The fraction of sp³-hybridized carbons (Fsp3) is 0.167. The number of aromatic nitrogens is 2. The van der Waals surface area contributed by atoms with Gasteiger partial charge in [-0.05, 0) is 25.1 Å². The van der Waals surface area contributed by atoms with Gasteiger partial charge in [0, 0.05) is 11.8 Å². The largest absolute Gasteiger partial charge is 0.417 e. The van der Waals surface area contributed by atoms with Gasteiger partial charge in [0.15, 0.2) is 0 Å². The number of nitrogens with zero attached hydrogens (tertiary/aromatic N) is 2. The molecule has 0 fully saturated rings. The van der Waals surface area contributed by atoms with Crippen LogP contribution in [0.1, 0.15) is 11.1 Å². The lowest BCUT2D eigenvalue weighted by molar-refractivity contribution is -0.137. The zero-order valence-corrected chi connectivity index (χ0v) is 11.5. The van der Waals surface area contributed by atoms with Crippen LogP contribution in [0, 0.1) is 6.92 Å². The zero-order valence-electron chi connectivity index (χ0n) is 10.0. The van der Waals surface area contributed by atoms with Crippen LogP contribution in [-0.4, -0.2) is 9.78 Å². The summed E-state index contributed by atoms with van der Waals surface area (Å²) in [5.41, 5.74) is -1.46. The van der Waals surface area contributed by atoms with Crippen molar-refractivity contribution in [2.45, 2.75) is 13.1 Å². The quantitative estimate of drug-likeness (QED) is 0.799. The minimum atomic E-state index is -4.65. The molecule has 0 amide bonds. The van der Waals surface area contributed by atoms with E-state index in [1.165, 1.54) is 19.2 Å². The van der Waals surface area contributed by atoms with E-state index in [2.05, 4.69) is 5.10 Å². The molecule has 2 rings (SSSR count). The second-order valence-corrected chi connectivity index (χ2v) is 4.83. The molecule has 0 atom stereocenters. The number of hydrogen-bond acceptors (Lipinski definition) is 2. The molecule has 8 heteroatoms. The fourth-order valence-corrected chi connectivity index (χ4v) is 2.16. The highest BCUT2D eigenvalue weighted by Gasteiger charge is 2.34. The van der Waals surface area contributed by atoms with E-state index in [1.54, 1.807) is 0 Å². The summed E-state index contributed by atoms with van der Waals surface area (Å²) >= 11 is 11.4. The summed E-state index contributed by atoms with van der Waals surface area (Å²) in [7, 11) is 0. The topological polar surface area (TPSA) is 34.9 Å². The molecule has 0 unspecified atom stereocenters. The summed E-state index contributed by atoms with van der Waals surface area (Å²) in [4.78, 5) is 11.9. The predicted molar refractivity (Wildman–Crippen MR) is 69.6 cm³/mol. The number of hydrogen-bond donors (Lipinski definition) is 0. The van der Waals surface area contributed by atoms with Gasteiger partial charge in [-0.1, -0.05) is 23.2 Å². The average molecular weight is 323 g/mol. The monoisotopic (exact) mass is 322 g/mol. The van der Waals surface area contributed by atoms with E-state index in [-0.39, 0.29) is 10.7 Å². The maximum absolute atomic E-state index is 12.8. The van der Waals surface area contributed by atoms with Gasteiger partial charge in [0.1, 0.15) is 0 Å². The van der Waals surface area contributed by atoms with Crippen molar-refractivity contribution in [1.29, 1.82) is 0 Å². The lowest BCUT2D eigenvalue weighted by atomic mass is 10.2. The number of alkyl halides is 3. The van der Waals surface area contributed by atoms with Crippen molar-refractivity contribution in [3.05, 3.63) is 55.9 Å². The smallest absolute Gasteiger partial charge is 0.267 e. The maximum atomic E-state index is 12.8. The second-order valence-electron chi connectivity index (χ2n) is 4.01. The lowest BCUT2D eigenvalue weighted by Crippen LogP contribution is -2.23. The van der Waals surface area contributed by atoms with Gasteiger partial charge < -0.3 is 0 Å². The molecule has 0 aliphatic rings. The van der Waals surface area contributed by atoms with Crippen LogP contribution in [0.2, 0.25) is 10.0 Å². The first-order chi connectivity index (χ1) is 9.21. The van der Waals surface area contributed by atoms with Crippen LogP contribution in [0.25, 0.3) is 5.69 Å². The van der Waals surface area contributed by atoms with E-state index in [9.17, 15) is 18.0 Å². The van der Waals surface area contributed by atoms with Gasteiger partial charge in [-0.3, -0.25) is 4.79 Å². The standard InChI is InChI=1S/C12H7Cl2F3N2O/c1-6-2-3-18-19(11(6)20)10-4-7(12(15,16)17)8(13)5-9(10)14/h2-5H,1H3. The van der Waals surface area contributed by atoms with E-state index < -0.39 is 22.3 Å². The number of rotatable bonds is 1. The molecule has 0 bridgehead atoms.